The first kappa shape index (κ1) is 21.3. The van der Waals surface area contributed by atoms with Gasteiger partial charge in [0.2, 0.25) is 5.91 Å². The molecule has 0 unspecified atom stereocenters. The molecule has 2 aromatic rings. The summed E-state index contributed by atoms with van der Waals surface area (Å²) < 4.78 is 10.8. The molecule has 0 spiro atoms. The largest absolute Gasteiger partial charge is 0.497 e. The maximum absolute atomic E-state index is 12.8. The van der Waals surface area contributed by atoms with E-state index in [1.54, 1.807) is 24.1 Å². The topological polar surface area (TPSA) is 72.3 Å². The Kier molecular flexibility index (Phi) is 6.84. The summed E-state index contributed by atoms with van der Waals surface area (Å²) in [7, 11) is 1.66. The van der Waals surface area contributed by atoms with Gasteiger partial charge in [0.15, 0.2) is 0 Å². The van der Waals surface area contributed by atoms with E-state index in [-0.39, 0.29) is 17.9 Å². The minimum atomic E-state index is -0.106. The Morgan fingerprint density at radius 3 is 2.45 bits per heavy atom. The second kappa shape index (κ2) is 9.94. The average Bonchev–Trinajstić information content (AvgIpc) is 3.26. The first-order chi connectivity index (χ1) is 15.2. The normalized spacial score (nSPS) is 18.1. The molecule has 2 N–H and O–H groups in total. The molecule has 2 amide bonds. The summed E-state index contributed by atoms with van der Waals surface area (Å²) >= 11 is 0. The number of nitrogens with zero attached hydrogens (tertiary/aromatic N) is 1. The van der Waals surface area contributed by atoms with Gasteiger partial charge < -0.3 is 24.6 Å². The predicted molar refractivity (Wildman–Crippen MR) is 118 cm³/mol. The first-order valence-corrected chi connectivity index (χ1v) is 10.9. The van der Waals surface area contributed by atoms with Gasteiger partial charge in [0.05, 0.1) is 26.9 Å². The molecule has 31 heavy (non-hydrogen) atoms. The Labute approximate surface area is 182 Å². The number of nitrogens with one attached hydrogen (secondary N) is 2. The summed E-state index contributed by atoms with van der Waals surface area (Å²) in [4.78, 5) is 27.9. The second-order valence-electron chi connectivity index (χ2n) is 8.00. The lowest BCUT2D eigenvalue weighted by Crippen LogP contribution is -3.15. The highest BCUT2D eigenvalue weighted by molar-refractivity contribution is 5.97. The Morgan fingerprint density at radius 1 is 1.13 bits per heavy atom. The van der Waals surface area contributed by atoms with Gasteiger partial charge in [-0.2, -0.15) is 0 Å². The molecule has 0 saturated carbocycles. The third kappa shape index (κ3) is 5.06. The maximum atomic E-state index is 12.8. The lowest BCUT2D eigenvalue weighted by atomic mass is 10.0. The van der Waals surface area contributed by atoms with Gasteiger partial charge in [-0.3, -0.25) is 9.59 Å². The number of amides is 2. The third-order valence-electron chi connectivity index (χ3n) is 6.13. The van der Waals surface area contributed by atoms with E-state index in [0.29, 0.717) is 18.5 Å². The maximum Gasteiger partial charge on any atom is 0.251 e. The molecule has 0 aliphatic carbocycles. The first-order valence-electron chi connectivity index (χ1n) is 10.9. The molecular formula is C24H30N3O4+. The van der Waals surface area contributed by atoms with Gasteiger partial charge in [0.25, 0.3) is 5.91 Å². The van der Waals surface area contributed by atoms with E-state index in [0.717, 1.165) is 50.7 Å². The fourth-order valence-electron chi connectivity index (χ4n) is 4.33. The molecule has 2 aliphatic heterocycles. The van der Waals surface area contributed by atoms with Crippen molar-refractivity contribution in [2.45, 2.75) is 18.9 Å². The van der Waals surface area contributed by atoms with Gasteiger partial charge in [0, 0.05) is 29.8 Å². The van der Waals surface area contributed by atoms with Crippen LogP contribution in [0.15, 0.2) is 48.5 Å². The van der Waals surface area contributed by atoms with Crippen molar-refractivity contribution in [2.75, 3.05) is 51.4 Å². The van der Waals surface area contributed by atoms with E-state index in [9.17, 15) is 9.59 Å². The molecule has 1 atom stereocenters. The second-order valence-corrected chi connectivity index (χ2v) is 8.00. The van der Waals surface area contributed by atoms with Crippen LogP contribution in [0.1, 0.15) is 34.8 Å². The van der Waals surface area contributed by atoms with Crippen LogP contribution in [-0.2, 0) is 9.53 Å². The van der Waals surface area contributed by atoms with Crippen molar-refractivity contribution in [3.8, 4) is 5.75 Å². The Balaban J connectivity index is 1.43. The van der Waals surface area contributed by atoms with Crippen molar-refractivity contribution in [1.82, 2.24) is 5.32 Å². The Hall–Kier alpha value is -2.90. The van der Waals surface area contributed by atoms with Crippen LogP contribution < -0.4 is 19.9 Å². The molecule has 2 fully saturated rings. The van der Waals surface area contributed by atoms with Crippen molar-refractivity contribution < 1.29 is 24.0 Å². The monoisotopic (exact) mass is 424 g/mol. The molecule has 7 nitrogen and oxygen atoms in total. The van der Waals surface area contributed by atoms with E-state index in [2.05, 4.69) is 17.4 Å². The van der Waals surface area contributed by atoms with Crippen LogP contribution in [0.3, 0.4) is 0 Å². The van der Waals surface area contributed by atoms with Crippen molar-refractivity contribution in [1.29, 1.82) is 0 Å². The van der Waals surface area contributed by atoms with Gasteiger partial charge in [-0.05, 0) is 55.0 Å². The highest BCUT2D eigenvalue weighted by Gasteiger charge is 2.27. The van der Waals surface area contributed by atoms with E-state index in [1.165, 1.54) is 10.5 Å². The third-order valence-corrected chi connectivity index (χ3v) is 6.13. The molecule has 0 bridgehead atoms. The average molecular weight is 425 g/mol. The Bertz CT molecular complexity index is 892. The van der Waals surface area contributed by atoms with Crippen LogP contribution in [0.5, 0.6) is 5.75 Å². The van der Waals surface area contributed by atoms with Gasteiger partial charge >= 0.3 is 0 Å². The quantitative estimate of drug-likeness (QED) is 0.701. The molecule has 2 saturated heterocycles. The fourth-order valence-corrected chi connectivity index (χ4v) is 4.33. The zero-order chi connectivity index (χ0) is 21.6. The summed E-state index contributed by atoms with van der Waals surface area (Å²) in [6.45, 7) is 4.55. The molecular weight excluding hydrogens is 394 g/mol. The van der Waals surface area contributed by atoms with Crippen LogP contribution >= 0.6 is 0 Å². The molecule has 164 valence electrons. The van der Waals surface area contributed by atoms with Crippen LogP contribution in [-0.4, -0.2) is 58.3 Å². The minimum absolute atomic E-state index is 0.106. The zero-order valence-corrected chi connectivity index (χ0v) is 17.9. The SMILES string of the molecule is COc1ccc([C@@H](CNC(=O)c2ccc(N3CCCC3=O)cc2)[NH+]2CCOCC2)cc1. The number of hydrogen-bond acceptors (Lipinski definition) is 4. The predicted octanol–water partition coefficient (Wildman–Crippen LogP) is 1.21. The Morgan fingerprint density at radius 2 is 1.84 bits per heavy atom. The number of morpholine rings is 1. The number of benzene rings is 2. The van der Waals surface area contributed by atoms with Gasteiger partial charge in [-0.1, -0.05) is 0 Å². The number of hydrogen-bond donors (Lipinski definition) is 2. The number of quaternary nitrogens is 1. The number of carbonyl (C=O) groups is 2. The summed E-state index contributed by atoms with van der Waals surface area (Å²) in [6, 6.07) is 15.5. The zero-order valence-electron chi connectivity index (χ0n) is 17.9. The molecule has 4 rings (SSSR count). The summed E-state index contributed by atoms with van der Waals surface area (Å²) in [6.07, 6.45) is 1.48. The highest BCUT2D eigenvalue weighted by Crippen LogP contribution is 2.22. The number of anilines is 1. The summed E-state index contributed by atoms with van der Waals surface area (Å²) in [5, 5.41) is 3.11. The summed E-state index contributed by atoms with van der Waals surface area (Å²) in [5.74, 6) is 0.860. The minimum Gasteiger partial charge on any atom is -0.497 e. The van der Waals surface area contributed by atoms with E-state index >= 15 is 0 Å². The van der Waals surface area contributed by atoms with Gasteiger partial charge in [-0.15, -0.1) is 0 Å². The van der Waals surface area contributed by atoms with Crippen molar-refractivity contribution >= 4 is 17.5 Å². The van der Waals surface area contributed by atoms with Gasteiger partial charge in [-0.25, -0.2) is 0 Å². The van der Waals surface area contributed by atoms with E-state index in [4.69, 9.17) is 9.47 Å². The highest BCUT2D eigenvalue weighted by atomic mass is 16.5. The fraction of sp³-hybridized carbons (Fsp3) is 0.417. The van der Waals surface area contributed by atoms with Crippen molar-refractivity contribution in [3.05, 3.63) is 59.7 Å². The van der Waals surface area contributed by atoms with Crippen LogP contribution in [0, 0.1) is 0 Å². The van der Waals surface area contributed by atoms with E-state index in [1.807, 2.05) is 24.3 Å². The van der Waals surface area contributed by atoms with Crippen molar-refractivity contribution in [3.63, 3.8) is 0 Å². The smallest absolute Gasteiger partial charge is 0.251 e. The molecule has 0 aromatic heterocycles. The molecule has 0 radical (unpaired) electrons. The number of ether oxygens (including phenoxy) is 2. The van der Waals surface area contributed by atoms with Crippen LogP contribution in [0.4, 0.5) is 5.69 Å². The van der Waals surface area contributed by atoms with Crippen molar-refractivity contribution in [2.24, 2.45) is 0 Å². The standard InChI is InChI=1S/C24H29N3O4/c1-30-21-10-6-18(7-11-21)22(26-13-15-31-16-14-26)17-25-24(29)19-4-8-20(9-5-19)27-12-2-3-23(27)28/h4-11,22H,2-3,12-17H2,1H3,(H,25,29)/p+1/t22-/m1/s1. The molecule has 2 aliphatic rings. The lowest BCUT2D eigenvalue weighted by molar-refractivity contribution is -0.937. The molecule has 2 aromatic carbocycles. The molecule has 7 heteroatoms. The number of carbonyl (C=O) groups excluding carboxylic acids is 2. The van der Waals surface area contributed by atoms with Crippen LogP contribution in [0.25, 0.3) is 0 Å². The summed E-state index contributed by atoms with van der Waals surface area (Å²) in [5.41, 5.74) is 2.62. The van der Waals surface area contributed by atoms with Crippen LogP contribution in [0.2, 0.25) is 0 Å². The lowest BCUT2D eigenvalue weighted by Gasteiger charge is -2.32. The van der Waals surface area contributed by atoms with E-state index < -0.39 is 0 Å². The van der Waals surface area contributed by atoms with Gasteiger partial charge in [0.1, 0.15) is 24.9 Å². The number of rotatable bonds is 7. The molecule has 2 heterocycles. The number of methoxy groups -OCH3 is 1.